The Morgan fingerprint density at radius 1 is 1.31 bits per heavy atom. The molecule has 1 fully saturated rings. The third-order valence-corrected chi connectivity index (χ3v) is 5.37. The molecule has 1 N–H and O–H groups in total. The molecule has 26 heavy (non-hydrogen) atoms. The summed E-state index contributed by atoms with van der Waals surface area (Å²) in [6.07, 6.45) is 3.75. The number of hydrogen-bond donors (Lipinski definition) is 1. The fourth-order valence-electron chi connectivity index (χ4n) is 3.10. The van der Waals surface area contributed by atoms with Crippen LogP contribution in [-0.2, 0) is 6.54 Å². The number of nitrogens with zero attached hydrogens (tertiary/aromatic N) is 4. The molecule has 1 aliphatic heterocycles. The normalized spacial score (nSPS) is 15.4. The van der Waals surface area contributed by atoms with Gasteiger partial charge in [-0.3, -0.25) is 4.79 Å². The van der Waals surface area contributed by atoms with Gasteiger partial charge in [-0.05, 0) is 57.5 Å². The van der Waals surface area contributed by atoms with Gasteiger partial charge in [0.1, 0.15) is 0 Å². The first-order valence-electron chi connectivity index (χ1n) is 8.83. The lowest BCUT2D eigenvalue weighted by Crippen LogP contribution is -2.36. The Morgan fingerprint density at radius 2 is 2.04 bits per heavy atom. The van der Waals surface area contributed by atoms with Crippen molar-refractivity contribution in [1.82, 2.24) is 25.2 Å². The van der Waals surface area contributed by atoms with Crippen LogP contribution in [0.1, 0.15) is 48.8 Å². The van der Waals surface area contributed by atoms with Crippen molar-refractivity contribution in [2.24, 2.45) is 0 Å². The lowest BCUT2D eigenvalue weighted by Gasteiger charge is -2.26. The van der Waals surface area contributed by atoms with Crippen molar-refractivity contribution in [1.29, 1.82) is 0 Å². The summed E-state index contributed by atoms with van der Waals surface area (Å²) in [6, 6.07) is 5.73. The van der Waals surface area contributed by atoms with Gasteiger partial charge in [-0.25, -0.2) is 4.68 Å². The van der Waals surface area contributed by atoms with Gasteiger partial charge < -0.3 is 10.2 Å². The zero-order valence-corrected chi connectivity index (χ0v) is 16.5. The van der Waals surface area contributed by atoms with Crippen molar-refractivity contribution in [3.8, 4) is 0 Å². The molecule has 140 valence electrons. The summed E-state index contributed by atoms with van der Waals surface area (Å²) in [5.41, 5.74) is 1.30. The van der Waals surface area contributed by atoms with Crippen LogP contribution in [0.3, 0.4) is 0 Å². The molecular weight excluding hydrogens is 373 g/mol. The average molecular weight is 396 g/mol. The minimum Gasteiger partial charge on any atom is -0.330 e. The number of benzene rings is 1. The SMILES string of the molecule is CC(C)N(Cc1ccc(Cl)c(Cl)c1)C(=O)c1cn(C2CCNCC2)nn1. The maximum atomic E-state index is 13.0. The van der Waals surface area contributed by atoms with E-state index in [4.69, 9.17) is 23.2 Å². The maximum Gasteiger partial charge on any atom is 0.276 e. The number of carbonyl (C=O) groups is 1. The minimum absolute atomic E-state index is 0.0148. The Labute approximate surface area is 163 Å². The van der Waals surface area contributed by atoms with Crippen LogP contribution >= 0.6 is 23.2 Å². The molecule has 8 heteroatoms. The summed E-state index contributed by atoms with van der Waals surface area (Å²) in [5, 5.41) is 12.6. The van der Waals surface area contributed by atoms with Gasteiger partial charge in [-0.1, -0.05) is 34.5 Å². The summed E-state index contributed by atoms with van der Waals surface area (Å²) in [7, 11) is 0. The number of aromatic nitrogens is 3. The lowest BCUT2D eigenvalue weighted by molar-refractivity contribution is 0.0684. The van der Waals surface area contributed by atoms with E-state index in [1.807, 2.05) is 24.6 Å². The van der Waals surface area contributed by atoms with Crippen molar-refractivity contribution in [2.45, 2.75) is 45.3 Å². The third-order valence-electron chi connectivity index (χ3n) is 4.63. The first-order chi connectivity index (χ1) is 12.5. The first-order valence-corrected chi connectivity index (χ1v) is 9.58. The predicted octanol–water partition coefficient (Wildman–Crippen LogP) is 3.56. The topological polar surface area (TPSA) is 63.1 Å². The second-order valence-corrected chi connectivity index (χ2v) is 7.65. The summed E-state index contributed by atoms with van der Waals surface area (Å²) < 4.78 is 1.83. The fraction of sp³-hybridized carbons (Fsp3) is 0.500. The van der Waals surface area contributed by atoms with E-state index in [2.05, 4.69) is 15.6 Å². The molecule has 0 spiro atoms. The average Bonchev–Trinajstić information content (AvgIpc) is 3.13. The van der Waals surface area contributed by atoms with Crippen molar-refractivity contribution >= 4 is 29.1 Å². The fourth-order valence-corrected chi connectivity index (χ4v) is 3.42. The molecule has 0 radical (unpaired) electrons. The van der Waals surface area contributed by atoms with Crippen molar-refractivity contribution in [3.05, 3.63) is 45.7 Å². The summed E-state index contributed by atoms with van der Waals surface area (Å²) >= 11 is 12.1. The number of rotatable bonds is 5. The van der Waals surface area contributed by atoms with Crippen LogP contribution in [0.25, 0.3) is 0 Å². The molecule has 3 rings (SSSR count). The summed E-state index contributed by atoms with van der Waals surface area (Å²) in [6.45, 7) is 6.32. The van der Waals surface area contributed by atoms with Gasteiger partial charge in [0, 0.05) is 12.6 Å². The molecule has 0 unspecified atom stereocenters. The zero-order valence-electron chi connectivity index (χ0n) is 15.0. The van der Waals surface area contributed by atoms with Crippen molar-refractivity contribution < 1.29 is 4.79 Å². The number of carbonyl (C=O) groups excluding carboxylic acids is 1. The molecule has 2 aromatic rings. The molecule has 6 nitrogen and oxygen atoms in total. The van der Waals surface area contributed by atoms with E-state index in [0.717, 1.165) is 31.5 Å². The van der Waals surface area contributed by atoms with Crippen LogP contribution in [0.15, 0.2) is 24.4 Å². The van der Waals surface area contributed by atoms with Crippen LogP contribution in [-0.4, -0.2) is 44.9 Å². The number of hydrogen-bond acceptors (Lipinski definition) is 4. The maximum absolute atomic E-state index is 13.0. The van der Waals surface area contributed by atoms with E-state index in [0.29, 0.717) is 28.3 Å². The standard InChI is InChI=1S/C18H23Cl2N5O/c1-12(2)24(10-13-3-4-15(19)16(20)9-13)18(26)17-11-25(23-22-17)14-5-7-21-8-6-14/h3-4,9,11-12,14,21H,5-8,10H2,1-2H3. The van der Waals surface area contributed by atoms with Crippen LogP contribution < -0.4 is 5.32 Å². The highest BCUT2D eigenvalue weighted by Crippen LogP contribution is 2.24. The molecule has 0 saturated carbocycles. The molecule has 0 aliphatic carbocycles. The Bertz CT molecular complexity index is 771. The van der Waals surface area contributed by atoms with E-state index in [-0.39, 0.29) is 11.9 Å². The molecule has 2 heterocycles. The van der Waals surface area contributed by atoms with Gasteiger partial charge in [-0.15, -0.1) is 5.10 Å². The second kappa shape index (κ2) is 8.37. The number of nitrogens with one attached hydrogen (secondary N) is 1. The highest BCUT2D eigenvalue weighted by Gasteiger charge is 2.24. The van der Waals surface area contributed by atoms with Gasteiger partial charge >= 0.3 is 0 Å². The molecule has 1 aromatic carbocycles. The van der Waals surface area contributed by atoms with Gasteiger partial charge in [0.2, 0.25) is 0 Å². The minimum atomic E-state index is -0.133. The van der Waals surface area contributed by atoms with E-state index >= 15 is 0 Å². The highest BCUT2D eigenvalue weighted by molar-refractivity contribution is 6.42. The largest absolute Gasteiger partial charge is 0.330 e. The summed E-state index contributed by atoms with van der Waals surface area (Å²) in [5.74, 6) is -0.133. The second-order valence-electron chi connectivity index (χ2n) is 6.84. The van der Waals surface area contributed by atoms with Crippen molar-refractivity contribution in [3.63, 3.8) is 0 Å². The Kier molecular flexibility index (Phi) is 6.16. The molecule has 1 saturated heterocycles. The zero-order chi connectivity index (χ0) is 18.7. The number of piperidine rings is 1. The number of amides is 1. The lowest BCUT2D eigenvalue weighted by atomic mass is 10.1. The Balaban J connectivity index is 1.76. The smallest absolute Gasteiger partial charge is 0.276 e. The van der Waals surface area contributed by atoms with Gasteiger partial charge in [0.05, 0.1) is 22.3 Å². The Hall–Kier alpha value is -1.63. The first kappa shape index (κ1) is 19.1. The van der Waals surface area contributed by atoms with E-state index in [1.165, 1.54) is 0 Å². The third kappa shape index (κ3) is 4.37. The predicted molar refractivity (Wildman–Crippen MR) is 103 cm³/mol. The van der Waals surface area contributed by atoms with E-state index in [1.54, 1.807) is 23.2 Å². The molecule has 0 atom stereocenters. The number of halogens is 2. The van der Waals surface area contributed by atoms with Crippen LogP contribution in [0.2, 0.25) is 10.0 Å². The molecule has 1 aliphatic rings. The van der Waals surface area contributed by atoms with Crippen LogP contribution in [0, 0.1) is 0 Å². The van der Waals surface area contributed by atoms with E-state index in [9.17, 15) is 4.79 Å². The quantitative estimate of drug-likeness (QED) is 0.840. The highest BCUT2D eigenvalue weighted by atomic mass is 35.5. The molecular formula is C18H23Cl2N5O. The molecule has 1 amide bonds. The molecule has 1 aromatic heterocycles. The molecule has 0 bridgehead atoms. The van der Waals surface area contributed by atoms with Gasteiger partial charge in [0.15, 0.2) is 5.69 Å². The Morgan fingerprint density at radius 3 is 2.69 bits per heavy atom. The van der Waals surface area contributed by atoms with Gasteiger partial charge in [0.25, 0.3) is 5.91 Å². The van der Waals surface area contributed by atoms with E-state index < -0.39 is 0 Å². The van der Waals surface area contributed by atoms with Crippen molar-refractivity contribution in [2.75, 3.05) is 13.1 Å². The summed E-state index contributed by atoms with van der Waals surface area (Å²) in [4.78, 5) is 14.7. The monoisotopic (exact) mass is 395 g/mol. The van der Waals surface area contributed by atoms with Crippen LogP contribution in [0.4, 0.5) is 0 Å². The van der Waals surface area contributed by atoms with Gasteiger partial charge in [-0.2, -0.15) is 0 Å². The van der Waals surface area contributed by atoms with Crippen LogP contribution in [0.5, 0.6) is 0 Å².